The molecule has 2 rings (SSSR count). The number of rotatable bonds is 2. The molecule has 0 amide bonds. The molecule has 0 aromatic heterocycles. The minimum atomic E-state index is -0.977. The van der Waals surface area contributed by atoms with Crippen molar-refractivity contribution < 1.29 is 19.4 Å². The van der Waals surface area contributed by atoms with Crippen LogP contribution in [-0.2, 0) is 0 Å². The van der Waals surface area contributed by atoms with Crippen LogP contribution < -0.4 is 9.47 Å². The van der Waals surface area contributed by atoms with Gasteiger partial charge in [-0.15, -0.1) is 0 Å². The summed E-state index contributed by atoms with van der Waals surface area (Å²) >= 11 is 0. The lowest BCUT2D eigenvalue weighted by Crippen LogP contribution is -2.29. The van der Waals surface area contributed by atoms with E-state index in [2.05, 4.69) is 0 Å². The Morgan fingerprint density at radius 1 is 1.56 bits per heavy atom. The van der Waals surface area contributed by atoms with Crippen LogP contribution >= 0.6 is 0 Å². The molecular formula is C12H14O4. The van der Waals surface area contributed by atoms with Crippen molar-refractivity contribution >= 4 is 5.97 Å². The molecule has 0 bridgehead atoms. The molecule has 1 aliphatic heterocycles. The number of benzene rings is 1. The van der Waals surface area contributed by atoms with Gasteiger partial charge >= 0.3 is 5.97 Å². The monoisotopic (exact) mass is 222 g/mol. The van der Waals surface area contributed by atoms with Gasteiger partial charge in [0.15, 0.2) is 11.5 Å². The van der Waals surface area contributed by atoms with E-state index in [0.29, 0.717) is 23.7 Å². The zero-order valence-electron chi connectivity index (χ0n) is 9.32. The summed E-state index contributed by atoms with van der Waals surface area (Å²) in [7, 11) is 0. The van der Waals surface area contributed by atoms with E-state index in [4.69, 9.17) is 14.6 Å². The van der Waals surface area contributed by atoms with Gasteiger partial charge in [0.25, 0.3) is 0 Å². The lowest BCUT2D eigenvalue weighted by atomic mass is 10.1. The number of hydrogen-bond donors (Lipinski definition) is 1. The van der Waals surface area contributed by atoms with Crippen molar-refractivity contribution in [3.63, 3.8) is 0 Å². The van der Waals surface area contributed by atoms with Crippen molar-refractivity contribution in [2.24, 2.45) is 0 Å². The van der Waals surface area contributed by atoms with E-state index in [1.54, 1.807) is 19.1 Å². The highest BCUT2D eigenvalue weighted by Crippen LogP contribution is 2.37. The minimum absolute atomic E-state index is 0.0626. The number of carboxylic acid groups (broad SMARTS) is 1. The third-order valence-electron chi connectivity index (χ3n) is 2.71. The van der Waals surface area contributed by atoms with Gasteiger partial charge in [0.05, 0.1) is 0 Å². The highest BCUT2D eigenvalue weighted by atomic mass is 16.6. The number of aromatic carboxylic acids is 1. The molecule has 0 saturated carbocycles. The number of carboxylic acids is 1. The second kappa shape index (κ2) is 4.04. The molecule has 0 radical (unpaired) electrons. The first-order valence-corrected chi connectivity index (χ1v) is 5.29. The van der Waals surface area contributed by atoms with Gasteiger partial charge in [-0.05, 0) is 25.0 Å². The molecule has 4 heteroatoms. The normalized spacial score (nSPS) is 18.2. The topological polar surface area (TPSA) is 55.8 Å². The van der Waals surface area contributed by atoms with E-state index in [1.165, 1.54) is 0 Å². The van der Waals surface area contributed by atoms with Crippen LogP contribution in [0.2, 0.25) is 0 Å². The molecular weight excluding hydrogens is 208 g/mol. The van der Waals surface area contributed by atoms with Gasteiger partial charge < -0.3 is 14.6 Å². The predicted octanol–water partition coefficient (Wildman–Crippen LogP) is 2.24. The highest BCUT2D eigenvalue weighted by molar-refractivity contribution is 5.93. The summed E-state index contributed by atoms with van der Waals surface area (Å²) in [6.07, 6.45) is 0.735. The average Bonchev–Trinajstić information content (AvgIpc) is 2.27. The molecule has 1 aliphatic rings. The van der Waals surface area contributed by atoms with Gasteiger partial charge in [-0.25, -0.2) is 4.79 Å². The Bertz CT molecular complexity index is 425. The summed E-state index contributed by atoms with van der Waals surface area (Å²) < 4.78 is 11.1. The molecule has 86 valence electrons. The first kappa shape index (κ1) is 10.8. The Labute approximate surface area is 93.8 Å². The number of carbonyl (C=O) groups is 1. The van der Waals surface area contributed by atoms with Crippen molar-refractivity contribution in [1.29, 1.82) is 0 Å². The van der Waals surface area contributed by atoms with E-state index < -0.39 is 5.97 Å². The summed E-state index contributed by atoms with van der Waals surface area (Å²) in [4.78, 5) is 11.2. The van der Waals surface area contributed by atoms with Crippen molar-refractivity contribution in [3.8, 4) is 11.5 Å². The maximum atomic E-state index is 11.2. The van der Waals surface area contributed by atoms with Gasteiger partial charge in [-0.1, -0.05) is 13.0 Å². The van der Waals surface area contributed by atoms with Gasteiger partial charge in [-0.2, -0.15) is 0 Å². The molecule has 1 N–H and O–H groups in total. The second-order valence-corrected chi connectivity index (χ2v) is 3.85. The number of ether oxygens (including phenoxy) is 2. The van der Waals surface area contributed by atoms with Crippen molar-refractivity contribution in [1.82, 2.24) is 0 Å². The number of hydrogen-bond acceptors (Lipinski definition) is 3. The molecule has 4 nitrogen and oxygen atoms in total. The minimum Gasteiger partial charge on any atom is -0.486 e. The van der Waals surface area contributed by atoms with Gasteiger partial charge in [-0.3, -0.25) is 0 Å². The van der Waals surface area contributed by atoms with E-state index in [9.17, 15) is 4.79 Å². The molecule has 1 heterocycles. The maximum Gasteiger partial charge on any atom is 0.339 e. The van der Waals surface area contributed by atoms with Crippen LogP contribution in [0.15, 0.2) is 12.1 Å². The van der Waals surface area contributed by atoms with Gasteiger partial charge in [0.1, 0.15) is 18.3 Å². The Hall–Kier alpha value is -1.71. The molecule has 0 aliphatic carbocycles. The maximum absolute atomic E-state index is 11.2. The first-order chi connectivity index (χ1) is 7.63. The van der Waals surface area contributed by atoms with Crippen LogP contribution in [0.4, 0.5) is 0 Å². The van der Waals surface area contributed by atoms with E-state index in [-0.39, 0.29) is 11.7 Å². The molecule has 1 atom stereocenters. The summed E-state index contributed by atoms with van der Waals surface area (Å²) in [5.41, 5.74) is 0.891. The summed E-state index contributed by atoms with van der Waals surface area (Å²) in [6.45, 7) is 4.21. The summed E-state index contributed by atoms with van der Waals surface area (Å²) in [5, 5.41) is 9.15. The lowest BCUT2D eigenvalue weighted by molar-refractivity contribution is 0.0649. The fourth-order valence-electron chi connectivity index (χ4n) is 1.74. The zero-order chi connectivity index (χ0) is 11.7. The van der Waals surface area contributed by atoms with Crippen molar-refractivity contribution in [2.45, 2.75) is 26.4 Å². The summed E-state index contributed by atoms with van der Waals surface area (Å²) in [6, 6.07) is 3.49. The SMILES string of the molecule is CCC1COc2ccc(C)c(C(=O)O)c2O1. The molecule has 1 aromatic carbocycles. The number of aryl methyl sites for hydroxylation is 1. The van der Waals surface area contributed by atoms with Crippen LogP contribution in [0.1, 0.15) is 29.3 Å². The second-order valence-electron chi connectivity index (χ2n) is 3.85. The van der Waals surface area contributed by atoms with Crippen LogP contribution in [0, 0.1) is 6.92 Å². The molecule has 1 unspecified atom stereocenters. The van der Waals surface area contributed by atoms with Crippen molar-refractivity contribution in [3.05, 3.63) is 23.3 Å². The zero-order valence-corrected chi connectivity index (χ0v) is 9.32. The third kappa shape index (κ3) is 1.71. The molecule has 0 fully saturated rings. The largest absolute Gasteiger partial charge is 0.486 e. The first-order valence-electron chi connectivity index (χ1n) is 5.29. The van der Waals surface area contributed by atoms with Crippen molar-refractivity contribution in [2.75, 3.05) is 6.61 Å². The Morgan fingerprint density at radius 3 is 2.94 bits per heavy atom. The third-order valence-corrected chi connectivity index (χ3v) is 2.71. The van der Waals surface area contributed by atoms with E-state index >= 15 is 0 Å². The molecule has 16 heavy (non-hydrogen) atoms. The summed E-state index contributed by atoms with van der Waals surface area (Å²) in [5.74, 6) is -0.0898. The van der Waals surface area contributed by atoms with Crippen LogP contribution in [-0.4, -0.2) is 23.8 Å². The van der Waals surface area contributed by atoms with Crippen LogP contribution in [0.3, 0.4) is 0 Å². The molecule has 0 spiro atoms. The fourth-order valence-corrected chi connectivity index (χ4v) is 1.74. The average molecular weight is 222 g/mol. The van der Waals surface area contributed by atoms with Gasteiger partial charge in [0, 0.05) is 0 Å². The fraction of sp³-hybridized carbons (Fsp3) is 0.417. The van der Waals surface area contributed by atoms with Crippen LogP contribution in [0.5, 0.6) is 11.5 Å². The van der Waals surface area contributed by atoms with E-state index in [1.807, 2.05) is 6.92 Å². The highest BCUT2D eigenvalue weighted by Gasteiger charge is 2.26. The Kier molecular flexibility index (Phi) is 2.73. The van der Waals surface area contributed by atoms with Crippen LogP contribution in [0.25, 0.3) is 0 Å². The lowest BCUT2D eigenvalue weighted by Gasteiger charge is -2.27. The van der Waals surface area contributed by atoms with Gasteiger partial charge in [0.2, 0.25) is 0 Å². The Balaban J connectivity index is 2.49. The smallest absolute Gasteiger partial charge is 0.339 e. The quantitative estimate of drug-likeness (QED) is 0.833. The Morgan fingerprint density at radius 2 is 2.31 bits per heavy atom. The van der Waals surface area contributed by atoms with E-state index in [0.717, 1.165) is 6.42 Å². The standard InChI is InChI=1S/C12H14O4/c1-3-8-6-15-9-5-4-7(2)10(12(13)14)11(9)16-8/h4-5,8H,3,6H2,1-2H3,(H,13,14). The predicted molar refractivity (Wildman–Crippen MR) is 58.3 cm³/mol. The molecule has 0 saturated heterocycles. The molecule has 1 aromatic rings. The number of fused-ring (bicyclic) bond motifs is 1.